The number of rotatable bonds is 2. The van der Waals surface area contributed by atoms with E-state index >= 15 is 0 Å². The molecule has 1 heterocycles. The number of esters is 1. The molecule has 0 aromatic carbocycles. The van der Waals surface area contributed by atoms with Crippen LogP contribution in [0.25, 0.3) is 0 Å². The first kappa shape index (κ1) is 16.2. The summed E-state index contributed by atoms with van der Waals surface area (Å²) in [6.07, 6.45) is -12.5. The van der Waals surface area contributed by atoms with Crippen LogP contribution in [0.2, 0.25) is 0 Å². The van der Waals surface area contributed by atoms with E-state index in [4.69, 9.17) is 0 Å². The number of aromatic nitrogens is 1. The average Bonchev–Trinajstić information content (AvgIpc) is 2.34. The molecule has 20 heavy (non-hydrogen) atoms. The summed E-state index contributed by atoms with van der Waals surface area (Å²) >= 11 is 0. The summed E-state index contributed by atoms with van der Waals surface area (Å²) in [5.74, 6) is -1.08. The molecule has 0 radical (unpaired) electrons. The number of hydrogen-bond donors (Lipinski definition) is 0. The van der Waals surface area contributed by atoms with Crippen molar-refractivity contribution in [2.24, 2.45) is 0 Å². The zero-order valence-electron chi connectivity index (χ0n) is 9.64. The molecule has 3 nitrogen and oxygen atoms in total. The minimum atomic E-state index is -6.22. The molecular formula is C10H6F7NO2. The quantitative estimate of drug-likeness (QED) is 0.622. The monoisotopic (exact) mass is 305 g/mol. The van der Waals surface area contributed by atoms with Crippen LogP contribution >= 0.6 is 0 Å². The molecule has 112 valence electrons. The molecule has 0 saturated heterocycles. The Morgan fingerprint density at radius 3 is 1.85 bits per heavy atom. The molecule has 0 aliphatic carbocycles. The Hall–Kier alpha value is -1.87. The Kier molecular flexibility index (Phi) is 3.97. The van der Waals surface area contributed by atoms with E-state index in [2.05, 4.69) is 9.72 Å². The van der Waals surface area contributed by atoms with E-state index in [-0.39, 0.29) is 12.3 Å². The van der Waals surface area contributed by atoms with Crippen LogP contribution in [0.5, 0.6) is 0 Å². The Labute approximate surface area is 107 Å². The Bertz CT molecular complexity index is 478. The minimum absolute atomic E-state index is 0.00671. The van der Waals surface area contributed by atoms with E-state index in [0.29, 0.717) is 6.07 Å². The highest BCUT2D eigenvalue weighted by Crippen LogP contribution is 2.52. The summed E-state index contributed by atoms with van der Waals surface area (Å²) in [7, 11) is 0.933. The normalized spacial score (nSPS) is 13.2. The molecule has 0 saturated carbocycles. The molecule has 0 atom stereocenters. The average molecular weight is 305 g/mol. The van der Waals surface area contributed by atoms with E-state index in [1.807, 2.05) is 0 Å². The van der Waals surface area contributed by atoms with Gasteiger partial charge in [-0.2, -0.15) is 26.3 Å². The van der Waals surface area contributed by atoms with Crippen LogP contribution < -0.4 is 0 Å². The predicted octanol–water partition coefficient (Wildman–Crippen LogP) is 3.16. The van der Waals surface area contributed by atoms with Gasteiger partial charge in [0.1, 0.15) is 5.69 Å². The van der Waals surface area contributed by atoms with E-state index in [0.717, 1.165) is 7.11 Å². The molecule has 0 aliphatic rings. The van der Waals surface area contributed by atoms with Crippen molar-refractivity contribution in [3.8, 4) is 0 Å². The van der Waals surface area contributed by atoms with Crippen LogP contribution in [0.4, 0.5) is 30.7 Å². The van der Waals surface area contributed by atoms with Crippen LogP contribution in [-0.4, -0.2) is 30.4 Å². The van der Waals surface area contributed by atoms with Gasteiger partial charge in [0.05, 0.1) is 7.11 Å². The number of pyridine rings is 1. The fraction of sp³-hybridized carbons (Fsp3) is 0.400. The molecule has 0 amide bonds. The second-order valence-electron chi connectivity index (χ2n) is 3.58. The zero-order valence-corrected chi connectivity index (χ0v) is 9.64. The third-order valence-electron chi connectivity index (χ3n) is 2.34. The van der Waals surface area contributed by atoms with Crippen molar-refractivity contribution in [2.75, 3.05) is 7.11 Å². The predicted molar refractivity (Wildman–Crippen MR) is 50.5 cm³/mol. The summed E-state index contributed by atoms with van der Waals surface area (Å²) in [5.41, 5.74) is -7.89. The maximum atomic E-state index is 13.5. The minimum Gasteiger partial charge on any atom is -0.464 e. The highest BCUT2D eigenvalue weighted by molar-refractivity contribution is 5.87. The highest BCUT2D eigenvalue weighted by atomic mass is 19.4. The zero-order chi connectivity index (χ0) is 15.8. The lowest BCUT2D eigenvalue weighted by atomic mass is 9.95. The molecule has 0 aliphatic heterocycles. The van der Waals surface area contributed by atoms with E-state index in [9.17, 15) is 35.5 Å². The van der Waals surface area contributed by atoms with Crippen molar-refractivity contribution in [1.82, 2.24) is 4.98 Å². The number of alkyl halides is 7. The molecule has 1 rings (SSSR count). The summed E-state index contributed by atoms with van der Waals surface area (Å²) in [4.78, 5) is 14.0. The maximum absolute atomic E-state index is 13.5. The molecule has 1 aromatic heterocycles. The first-order valence-corrected chi connectivity index (χ1v) is 4.82. The standard InChI is InChI=1S/C10H6F7NO2/c1-20-7(19)6-3-2-5(4-18-6)8(11,9(12,13)14)10(15,16)17/h2-4H,1H3. The Morgan fingerprint density at radius 1 is 1.05 bits per heavy atom. The molecule has 10 heteroatoms. The molecule has 0 unspecified atom stereocenters. The number of hydrogen-bond acceptors (Lipinski definition) is 3. The Balaban J connectivity index is 3.35. The topological polar surface area (TPSA) is 39.2 Å². The van der Waals surface area contributed by atoms with Crippen molar-refractivity contribution in [2.45, 2.75) is 18.0 Å². The third-order valence-corrected chi connectivity index (χ3v) is 2.34. The maximum Gasteiger partial charge on any atom is 0.436 e. The summed E-state index contributed by atoms with van der Waals surface area (Å²) in [6.45, 7) is 0. The van der Waals surface area contributed by atoms with Crippen molar-refractivity contribution in [1.29, 1.82) is 0 Å². The summed E-state index contributed by atoms with van der Waals surface area (Å²) in [6, 6.07) is 0.688. The fourth-order valence-corrected chi connectivity index (χ4v) is 1.31. The van der Waals surface area contributed by atoms with Gasteiger partial charge in [0.15, 0.2) is 0 Å². The largest absolute Gasteiger partial charge is 0.464 e. The summed E-state index contributed by atoms with van der Waals surface area (Å²) in [5, 5.41) is 0. The Morgan fingerprint density at radius 2 is 1.55 bits per heavy atom. The van der Waals surface area contributed by atoms with Crippen molar-refractivity contribution < 1.29 is 40.3 Å². The van der Waals surface area contributed by atoms with Crippen LogP contribution in [0, 0.1) is 0 Å². The van der Waals surface area contributed by atoms with Crippen LogP contribution in [0.15, 0.2) is 18.3 Å². The van der Waals surface area contributed by atoms with Crippen LogP contribution in [-0.2, 0) is 10.4 Å². The number of halogens is 7. The number of carbonyl (C=O) groups is 1. The van der Waals surface area contributed by atoms with Gasteiger partial charge >= 0.3 is 24.0 Å². The second-order valence-corrected chi connectivity index (χ2v) is 3.58. The number of carbonyl (C=O) groups excluding carboxylic acids is 1. The van der Waals surface area contributed by atoms with Gasteiger partial charge in [-0.3, -0.25) is 0 Å². The molecule has 1 aromatic rings. The van der Waals surface area contributed by atoms with Gasteiger partial charge in [-0.25, -0.2) is 14.2 Å². The molecule has 0 spiro atoms. The molecular weight excluding hydrogens is 299 g/mol. The van der Waals surface area contributed by atoms with Gasteiger partial charge in [0.2, 0.25) is 0 Å². The number of methoxy groups -OCH3 is 1. The van der Waals surface area contributed by atoms with Crippen molar-refractivity contribution in [3.63, 3.8) is 0 Å². The molecule has 0 fully saturated rings. The lowest BCUT2D eigenvalue weighted by Crippen LogP contribution is -2.50. The van der Waals surface area contributed by atoms with Crippen molar-refractivity contribution in [3.05, 3.63) is 29.6 Å². The smallest absolute Gasteiger partial charge is 0.436 e. The highest BCUT2D eigenvalue weighted by Gasteiger charge is 2.73. The van der Waals surface area contributed by atoms with Crippen LogP contribution in [0.1, 0.15) is 16.1 Å². The number of nitrogens with zero attached hydrogens (tertiary/aromatic N) is 1. The number of ether oxygens (including phenoxy) is 1. The molecule has 0 N–H and O–H groups in total. The van der Waals surface area contributed by atoms with Gasteiger partial charge in [0.25, 0.3) is 0 Å². The SMILES string of the molecule is COC(=O)c1ccc(C(F)(C(F)(F)F)C(F)(F)F)cn1. The van der Waals surface area contributed by atoms with E-state index in [1.165, 1.54) is 0 Å². The fourth-order valence-electron chi connectivity index (χ4n) is 1.31. The van der Waals surface area contributed by atoms with Gasteiger partial charge in [-0.05, 0) is 6.07 Å². The van der Waals surface area contributed by atoms with E-state index < -0.39 is 35.2 Å². The summed E-state index contributed by atoms with van der Waals surface area (Å²) < 4.78 is 92.1. The lowest BCUT2D eigenvalue weighted by Gasteiger charge is -2.29. The first-order valence-electron chi connectivity index (χ1n) is 4.82. The van der Waals surface area contributed by atoms with Gasteiger partial charge in [0, 0.05) is 11.8 Å². The van der Waals surface area contributed by atoms with E-state index in [1.54, 1.807) is 0 Å². The third kappa shape index (κ3) is 2.54. The first-order chi connectivity index (χ1) is 8.95. The second kappa shape index (κ2) is 4.91. The van der Waals surface area contributed by atoms with Crippen LogP contribution in [0.3, 0.4) is 0 Å². The van der Waals surface area contributed by atoms with Gasteiger partial charge in [-0.15, -0.1) is 0 Å². The lowest BCUT2D eigenvalue weighted by molar-refractivity contribution is -0.348. The van der Waals surface area contributed by atoms with Crippen molar-refractivity contribution >= 4 is 5.97 Å². The molecule has 0 bridgehead atoms. The van der Waals surface area contributed by atoms with Gasteiger partial charge < -0.3 is 4.74 Å². The van der Waals surface area contributed by atoms with Gasteiger partial charge in [-0.1, -0.05) is 6.07 Å².